The summed E-state index contributed by atoms with van der Waals surface area (Å²) in [5.74, 6) is -0.198. The lowest BCUT2D eigenvalue weighted by molar-refractivity contribution is -0.115. The zero-order chi connectivity index (χ0) is 20.1. The number of hydrogen-bond acceptors (Lipinski definition) is 3. The van der Waals surface area contributed by atoms with Gasteiger partial charge in [0.2, 0.25) is 5.91 Å². The van der Waals surface area contributed by atoms with Crippen molar-refractivity contribution in [1.29, 1.82) is 0 Å². The third-order valence-corrected chi connectivity index (χ3v) is 5.75. The van der Waals surface area contributed by atoms with E-state index in [9.17, 15) is 13.2 Å². The van der Waals surface area contributed by atoms with Crippen LogP contribution in [0.1, 0.15) is 11.1 Å². The van der Waals surface area contributed by atoms with Crippen LogP contribution in [0.5, 0.6) is 0 Å². The molecule has 0 fully saturated rings. The maximum Gasteiger partial charge on any atom is 0.261 e. The van der Waals surface area contributed by atoms with Gasteiger partial charge in [0.15, 0.2) is 0 Å². The zero-order valence-corrected chi connectivity index (χ0v) is 16.7. The number of para-hydroxylation sites is 1. The second kappa shape index (κ2) is 8.46. The SMILES string of the molecule is Cc1ccccc1NS(=O)(=O)c1ccc(NC(=O)Cc2ccc(Cl)cc2)cc1. The van der Waals surface area contributed by atoms with E-state index in [1.54, 1.807) is 48.5 Å². The smallest absolute Gasteiger partial charge is 0.261 e. The number of amides is 1. The van der Waals surface area contributed by atoms with Gasteiger partial charge in [0.05, 0.1) is 17.0 Å². The molecule has 0 aromatic heterocycles. The Balaban J connectivity index is 1.66. The Morgan fingerprint density at radius 1 is 0.929 bits per heavy atom. The molecule has 5 nitrogen and oxygen atoms in total. The third kappa shape index (κ3) is 5.12. The van der Waals surface area contributed by atoms with Crippen LogP contribution in [0.2, 0.25) is 5.02 Å². The number of sulfonamides is 1. The molecule has 0 spiro atoms. The topological polar surface area (TPSA) is 75.3 Å². The van der Waals surface area contributed by atoms with Crippen molar-refractivity contribution in [2.45, 2.75) is 18.2 Å². The monoisotopic (exact) mass is 414 g/mol. The molecule has 0 saturated carbocycles. The highest BCUT2D eigenvalue weighted by atomic mass is 35.5. The molecule has 0 atom stereocenters. The Kier molecular flexibility index (Phi) is 6.02. The third-order valence-electron chi connectivity index (χ3n) is 4.12. The van der Waals surface area contributed by atoms with Gasteiger partial charge in [0, 0.05) is 10.7 Å². The fraction of sp³-hybridized carbons (Fsp3) is 0.0952. The summed E-state index contributed by atoms with van der Waals surface area (Å²) in [6.07, 6.45) is 0.200. The predicted octanol–water partition coefficient (Wildman–Crippen LogP) is 4.63. The van der Waals surface area contributed by atoms with Gasteiger partial charge in [-0.2, -0.15) is 0 Å². The van der Waals surface area contributed by atoms with Crippen LogP contribution in [-0.4, -0.2) is 14.3 Å². The standard InChI is InChI=1S/C21H19ClN2O3S/c1-15-4-2-3-5-20(15)24-28(26,27)19-12-10-18(11-13-19)23-21(25)14-16-6-8-17(22)9-7-16/h2-13,24H,14H2,1H3,(H,23,25). The molecular formula is C21H19ClN2O3S. The summed E-state index contributed by atoms with van der Waals surface area (Å²) in [4.78, 5) is 12.3. The van der Waals surface area contributed by atoms with Gasteiger partial charge in [-0.15, -0.1) is 0 Å². The first-order valence-corrected chi connectivity index (χ1v) is 10.4. The minimum Gasteiger partial charge on any atom is -0.326 e. The molecule has 0 bridgehead atoms. The second-order valence-electron chi connectivity index (χ2n) is 6.30. The van der Waals surface area contributed by atoms with Crippen molar-refractivity contribution in [1.82, 2.24) is 0 Å². The lowest BCUT2D eigenvalue weighted by Crippen LogP contribution is -2.15. The molecule has 7 heteroatoms. The first kappa shape index (κ1) is 19.9. The fourth-order valence-electron chi connectivity index (χ4n) is 2.60. The molecule has 2 N–H and O–H groups in total. The number of anilines is 2. The van der Waals surface area contributed by atoms with Gasteiger partial charge in [-0.1, -0.05) is 41.9 Å². The van der Waals surface area contributed by atoms with Crippen LogP contribution in [0.25, 0.3) is 0 Å². The minimum absolute atomic E-state index is 0.117. The van der Waals surface area contributed by atoms with E-state index in [0.717, 1.165) is 11.1 Å². The van der Waals surface area contributed by atoms with Crippen LogP contribution in [0.4, 0.5) is 11.4 Å². The van der Waals surface area contributed by atoms with Gasteiger partial charge < -0.3 is 5.32 Å². The first-order valence-electron chi connectivity index (χ1n) is 8.56. The van der Waals surface area contributed by atoms with Gasteiger partial charge in [-0.25, -0.2) is 8.42 Å². The quantitative estimate of drug-likeness (QED) is 0.617. The number of carbonyl (C=O) groups is 1. The molecule has 3 aromatic carbocycles. The summed E-state index contributed by atoms with van der Waals surface area (Å²) >= 11 is 5.83. The molecule has 1 amide bonds. The molecule has 0 radical (unpaired) electrons. The van der Waals surface area contributed by atoms with E-state index in [0.29, 0.717) is 16.4 Å². The normalized spacial score (nSPS) is 11.1. The average molecular weight is 415 g/mol. The summed E-state index contributed by atoms with van der Waals surface area (Å²) in [7, 11) is -3.71. The van der Waals surface area contributed by atoms with Crippen LogP contribution in [0.15, 0.2) is 77.7 Å². The maximum atomic E-state index is 12.5. The maximum absolute atomic E-state index is 12.5. The van der Waals surface area contributed by atoms with Gasteiger partial charge in [0.25, 0.3) is 10.0 Å². The van der Waals surface area contributed by atoms with Crippen molar-refractivity contribution in [3.8, 4) is 0 Å². The largest absolute Gasteiger partial charge is 0.326 e. The molecular weight excluding hydrogens is 396 g/mol. The Morgan fingerprint density at radius 3 is 2.21 bits per heavy atom. The van der Waals surface area contributed by atoms with Crippen LogP contribution in [-0.2, 0) is 21.2 Å². The molecule has 0 heterocycles. The molecule has 3 rings (SSSR count). The van der Waals surface area contributed by atoms with E-state index in [1.807, 2.05) is 19.1 Å². The van der Waals surface area contributed by atoms with Crippen molar-refractivity contribution in [2.24, 2.45) is 0 Å². The van der Waals surface area contributed by atoms with Crippen molar-refractivity contribution in [3.63, 3.8) is 0 Å². The van der Waals surface area contributed by atoms with E-state index < -0.39 is 10.0 Å². The van der Waals surface area contributed by atoms with Crippen LogP contribution >= 0.6 is 11.6 Å². The summed E-state index contributed by atoms with van der Waals surface area (Å²) in [5, 5.41) is 3.37. The van der Waals surface area contributed by atoms with Crippen molar-refractivity contribution >= 4 is 38.9 Å². The number of rotatable bonds is 6. The number of aryl methyl sites for hydroxylation is 1. The van der Waals surface area contributed by atoms with Crippen molar-refractivity contribution in [3.05, 3.63) is 88.9 Å². The highest BCUT2D eigenvalue weighted by molar-refractivity contribution is 7.92. The molecule has 144 valence electrons. The van der Waals surface area contributed by atoms with Crippen LogP contribution < -0.4 is 10.0 Å². The molecule has 0 aliphatic rings. The lowest BCUT2D eigenvalue weighted by atomic mass is 10.1. The molecule has 0 aliphatic carbocycles. The second-order valence-corrected chi connectivity index (χ2v) is 8.42. The van der Waals surface area contributed by atoms with Gasteiger partial charge in [-0.3, -0.25) is 9.52 Å². The summed E-state index contributed by atoms with van der Waals surface area (Å²) in [6, 6.07) is 20.2. The number of benzene rings is 3. The summed E-state index contributed by atoms with van der Waals surface area (Å²) in [5.41, 5.74) is 2.72. The van der Waals surface area contributed by atoms with E-state index in [4.69, 9.17) is 11.6 Å². The molecule has 0 unspecified atom stereocenters. The molecule has 0 aliphatic heterocycles. The Bertz CT molecular complexity index is 1080. The Morgan fingerprint density at radius 2 is 1.57 bits per heavy atom. The highest BCUT2D eigenvalue weighted by Gasteiger charge is 2.15. The van der Waals surface area contributed by atoms with E-state index in [1.165, 1.54) is 12.1 Å². The number of nitrogens with one attached hydrogen (secondary N) is 2. The van der Waals surface area contributed by atoms with Crippen molar-refractivity contribution < 1.29 is 13.2 Å². The molecule has 28 heavy (non-hydrogen) atoms. The predicted molar refractivity (Wildman–Crippen MR) is 112 cm³/mol. The Hall–Kier alpha value is -2.83. The number of carbonyl (C=O) groups excluding carboxylic acids is 1. The van der Waals surface area contributed by atoms with Crippen LogP contribution in [0, 0.1) is 6.92 Å². The Labute approximate surface area is 169 Å². The van der Waals surface area contributed by atoms with Gasteiger partial charge >= 0.3 is 0 Å². The first-order chi connectivity index (χ1) is 13.3. The van der Waals surface area contributed by atoms with E-state index in [2.05, 4.69) is 10.0 Å². The number of halogens is 1. The highest BCUT2D eigenvalue weighted by Crippen LogP contribution is 2.21. The van der Waals surface area contributed by atoms with Crippen LogP contribution in [0.3, 0.4) is 0 Å². The van der Waals surface area contributed by atoms with E-state index in [-0.39, 0.29) is 17.2 Å². The zero-order valence-electron chi connectivity index (χ0n) is 15.1. The lowest BCUT2D eigenvalue weighted by Gasteiger charge is -2.11. The molecule has 0 saturated heterocycles. The van der Waals surface area contributed by atoms with Gasteiger partial charge in [0.1, 0.15) is 0 Å². The number of hydrogen-bond donors (Lipinski definition) is 2. The van der Waals surface area contributed by atoms with E-state index >= 15 is 0 Å². The minimum atomic E-state index is -3.71. The fourth-order valence-corrected chi connectivity index (χ4v) is 3.86. The molecule has 3 aromatic rings. The summed E-state index contributed by atoms with van der Waals surface area (Å²) < 4.78 is 27.7. The summed E-state index contributed by atoms with van der Waals surface area (Å²) in [6.45, 7) is 1.83. The van der Waals surface area contributed by atoms with Crippen molar-refractivity contribution in [2.75, 3.05) is 10.0 Å². The van der Waals surface area contributed by atoms with Gasteiger partial charge in [-0.05, 0) is 60.5 Å². The average Bonchev–Trinajstić information content (AvgIpc) is 2.66.